The van der Waals surface area contributed by atoms with Gasteiger partial charge in [-0.05, 0) is 56.7 Å². The number of aryl methyl sites for hydroxylation is 1. The summed E-state index contributed by atoms with van der Waals surface area (Å²) in [5.41, 5.74) is 2.56. The van der Waals surface area contributed by atoms with Gasteiger partial charge in [0.25, 0.3) is 0 Å². The van der Waals surface area contributed by atoms with Crippen molar-refractivity contribution in [3.8, 4) is 0 Å². The first-order valence-electron chi connectivity index (χ1n) is 11.7. The van der Waals surface area contributed by atoms with Crippen molar-refractivity contribution in [2.24, 2.45) is 0 Å². The van der Waals surface area contributed by atoms with Crippen molar-refractivity contribution < 1.29 is 9.18 Å². The summed E-state index contributed by atoms with van der Waals surface area (Å²) in [5.74, 6) is 0.669. The maximum atomic E-state index is 14.3. The van der Waals surface area contributed by atoms with Crippen molar-refractivity contribution in [2.45, 2.75) is 70.1 Å². The minimum absolute atomic E-state index is 0.00947. The van der Waals surface area contributed by atoms with Gasteiger partial charge in [0.15, 0.2) is 5.82 Å². The second-order valence-electron chi connectivity index (χ2n) is 9.34. The van der Waals surface area contributed by atoms with Crippen LogP contribution in [0.5, 0.6) is 0 Å². The fourth-order valence-electron chi connectivity index (χ4n) is 6.01. The van der Waals surface area contributed by atoms with Gasteiger partial charge in [0.2, 0.25) is 5.91 Å². The molecule has 0 spiro atoms. The molecule has 2 unspecified atom stereocenters. The zero-order chi connectivity index (χ0) is 22.2. The van der Waals surface area contributed by atoms with E-state index in [9.17, 15) is 9.18 Å². The number of amides is 1. The molecule has 5 rings (SSSR count). The number of rotatable bonds is 6. The molecule has 1 aromatic heterocycles. The molecule has 168 valence electrons. The number of carbonyl (C=O) groups is 1. The molecule has 2 aliphatic rings. The predicted molar refractivity (Wildman–Crippen MR) is 124 cm³/mol. The molecule has 2 fully saturated rings. The minimum Gasteiger partial charge on any atom is -0.349 e. The highest BCUT2D eigenvalue weighted by Gasteiger charge is 2.41. The van der Waals surface area contributed by atoms with E-state index in [4.69, 9.17) is 0 Å². The molecule has 5 nitrogen and oxygen atoms in total. The van der Waals surface area contributed by atoms with Crippen LogP contribution in [0.1, 0.15) is 62.5 Å². The number of halogens is 1. The Kier molecular flexibility index (Phi) is 5.72. The van der Waals surface area contributed by atoms with E-state index in [0.29, 0.717) is 23.6 Å². The normalized spacial score (nSPS) is 24.0. The zero-order valence-corrected chi connectivity index (χ0v) is 18.8. The third-order valence-corrected chi connectivity index (χ3v) is 7.33. The summed E-state index contributed by atoms with van der Waals surface area (Å²) in [6, 6.07) is 17.0. The molecule has 2 saturated heterocycles. The smallest absolute Gasteiger partial charge is 0.217 e. The number of para-hydroxylation sites is 1. The van der Waals surface area contributed by atoms with E-state index in [2.05, 4.69) is 31.9 Å². The Labute approximate surface area is 188 Å². The van der Waals surface area contributed by atoms with Crippen LogP contribution >= 0.6 is 0 Å². The fraction of sp³-hybridized carbons (Fsp3) is 0.462. The highest BCUT2D eigenvalue weighted by Crippen LogP contribution is 2.42. The predicted octanol–water partition coefficient (Wildman–Crippen LogP) is 4.92. The average molecular weight is 435 g/mol. The third-order valence-electron chi connectivity index (χ3n) is 7.33. The molecule has 2 aromatic carbocycles. The highest BCUT2D eigenvalue weighted by atomic mass is 19.1. The summed E-state index contributed by atoms with van der Waals surface area (Å²) in [4.78, 5) is 19.0. The molecule has 32 heavy (non-hydrogen) atoms. The van der Waals surface area contributed by atoms with Gasteiger partial charge >= 0.3 is 0 Å². The molecule has 0 saturated carbocycles. The molecule has 1 N–H and O–H groups in total. The summed E-state index contributed by atoms with van der Waals surface area (Å²) in [6.45, 7) is 4.55. The van der Waals surface area contributed by atoms with E-state index in [1.807, 2.05) is 31.2 Å². The fourth-order valence-corrected chi connectivity index (χ4v) is 6.01. The van der Waals surface area contributed by atoms with Gasteiger partial charge in [0.05, 0.1) is 11.6 Å². The number of carbonyl (C=O) groups excluding carboxylic acids is 1. The topological polar surface area (TPSA) is 50.2 Å². The average Bonchev–Trinajstić information content (AvgIpc) is 3.24. The number of imidazole rings is 1. The van der Waals surface area contributed by atoms with Crippen LogP contribution in [0.4, 0.5) is 4.39 Å². The molecule has 0 radical (unpaired) electrons. The van der Waals surface area contributed by atoms with Crippen molar-refractivity contribution in [3.63, 3.8) is 0 Å². The summed E-state index contributed by atoms with van der Waals surface area (Å²) in [7, 11) is 0. The second-order valence-corrected chi connectivity index (χ2v) is 9.34. The largest absolute Gasteiger partial charge is 0.349 e. The molecule has 3 aromatic rings. The van der Waals surface area contributed by atoms with E-state index in [0.717, 1.165) is 42.7 Å². The second kappa shape index (κ2) is 8.66. The van der Waals surface area contributed by atoms with Gasteiger partial charge in [-0.25, -0.2) is 9.37 Å². The Morgan fingerprint density at radius 2 is 1.81 bits per heavy atom. The van der Waals surface area contributed by atoms with Crippen LogP contribution in [0.3, 0.4) is 0 Å². The number of hydrogen-bond acceptors (Lipinski definition) is 3. The quantitative estimate of drug-likeness (QED) is 0.599. The van der Waals surface area contributed by atoms with Gasteiger partial charge in [0.1, 0.15) is 11.3 Å². The van der Waals surface area contributed by atoms with Gasteiger partial charge in [-0.2, -0.15) is 0 Å². The van der Waals surface area contributed by atoms with Crippen molar-refractivity contribution in [1.82, 2.24) is 19.8 Å². The van der Waals surface area contributed by atoms with E-state index in [1.54, 1.807) is 13.0 Å². The number of nitrogens with zero attached hydrogens (tertiary/aromatic N) is 3. The molecule has 1 amide bonds. The first kappa shape index (κ1) is 21.1. The Morgan fingerprint density at radius 1 is 1.09 bits per heavy atom. The van der Waals surface area contributed by atoms with E-state index in [-0.39, 0.29) is 17.8 Å². The van der Waals surface area contributed by atoms with Crippen LogP contribution < -0.4 is 5.32 Å². The molecule has 2 bridgehead atoms. The van der Waals surface area contributed by atoms with Crippen LogP contribution in [0, 0.1) is 12.7 Å². The minimum atomic E-state index is -0.241. The van der Waals surface area contributed by atoms with Gasteiger partial charge < -0.3 is 9.88 Å². The third kappa shape index (κ3) is 3.92. The number of piperidine rings is 1. The number of aromatic nitrogens is 2. The summed E-state index contributed by atoms with van der Waals surface area (Å²) < 4.78 is 16.5. The number of hydrogen-bond donors (Lipinski definition) is 1. The highest BCUT2D eigenvalue weighted by molar-refractivity contribution is 5.77. The first-order chi connectivity index (χ1) is 15.5. The molecule has 3 atom stereocenters. The summed E-state index contributed by atoms with van der Waals surface area (Å²) in [5, 5.41) is 3.14. The van der Waals surface area contributed by atoms with Crippen molar-refractivity contribution in [3.05, 3.63) is 65.7 Å². The lowest BCUT2D eigenvalue weighted by Crippen LogP contribution is -2.44. The Balaban J connectivity index is 1.31. The lowest BCUT2D eigenvalue weighted by Gasteiger charge is -2.40. The Bertz CT molecular complexity index is 1100. The van der Waals surface area contributed by atoms with Crippen molar-refractivity contribution in [1.29, 1.82) is 0 Å². The van der Waals surface area contributed by atoms with Crippen molar-refractivity contribution in [2.75, 3.05) is 6.54 Å². The van der Waals surface area contributed by atoms with Crippen LogP contribution in [0.15, 0.2) is 48.5 Å². The lowest BCUT2D eigenvalue weighted by molar-refractivity contribution is -0.119. The molecule has 6 heteroatoms. The maximum Gasteiger partial charge on any atom is 0.217 e. The van der Waals surface area contributed by atoms with E-state index in [1.165, 1.54) is 18.9 Å². The Morgan fingerprint density at radius 3 is 2.50 bits per heavy atom. The number of fused-ring (bicyclic) bond motifs is 3. The molecule has 3 heterocycles. The standard InChI is InChI=1S/C26H31FN4O/c1-17-28-26-23(27)9-6-10-25(26)31(17)22-15-20-11-12-21(16-22)30(20)14-13-24(29-18(2)32)19-7-4-3-5-8-19/h3-10,20-22,24H,11-16H2,1-2H3,(H,29,32)/t20?,21?,22?,24-/m0/s1. The molecule has 2 aliphatic heterocycles. The molecular formula is C26H31FN4O. The van der Waals surface area contributed by atoms with Crippen LogP contribution in [-0.4, -0.2) is 39.0 Å². The number of nitrogens with one attached hydrogen (secondary N) is 1. The lowest BCUT2D eigenvalue weighted by atomic mass is 9.95. The SMILES string of the molecule is CC(=O)N[C@@H](CCN1C2CCC1CC(n1c(C)nc3c(F)cccc31)C2)c1ccccc1. The molecule has 0 aliphatic carbocycles. The van der Waals surface area contributed by atoms with Crippen LogP contribution in [0.2, 0.25) is 0 Å². The van der Waals surface area contributed by atoms with Crippen molar-refractivity contribution >= 4 is 16.9 Å². The first-order valence-corrected chi connectivity index (χ1v) is 11.7. The van der Waals surface area contributed by atoms with E-state index >= 15 is 0 Å². The Hall–Kier alpha value is -2.73. The van der Waals surface area contributed by atoms with Gasteiger partial charge in [-0.15, -0.1) is 0 Å². The van der Waals surface area contributed by atoms with Crippen LogP contribution in [-0.2, 0) is 4.79 Å². The van der Waals surface area contributed by atoms with E-state index < -0.39 is 0 Å². The molecular weight excluding hydrogens is 403 g/mol. The van der Waals surface area contributed by atoms with Crippen LogP contribution in [0.25, 0.3) is 11.0 Å². The maximum absolute atomic E-state index is 14.3. The number of benzene rings is 2. The monoisotopic (exact) mass is 434 g/mol. The summed E-state index contributed by atoms with van der Waals surface area (Å²) >= 11 is 0. The summed E-state index contributed by atoms with van der Waals surface area (Å²) in [6.07, 6.45) is 5.44. The van der Waals surface area contributed by atoms with Gasteiger partial charge in [-0.3, -0.25) is 9.69 Å². The zero-order valence-electron chi connectivity index (χ0n) is 18.8. The van der Waals surface area contributed by atoms with Gasteiger partial charge in [0, 0.05) is 31.6 Å². The van der Waals surface area contributed by atoms with Gasteiger partial charge in [-0.1, -0.05) is 36.4 Å².